The molecule has 0 radical (unpaired) electrons. The summed E-state index contributed by atoms with van der Waals surface area (Å²) in [7, 11) is 0. The summed E-state index contributed by atoms with van der Waals surface area (Å²) in [5.74, 6) is 2.88. The Morgan fingerprint density at radius 3 is 2.46 bits per heavy atom. The summed E-state index contributed by atoms with van der Waals surface area (Å²) >= 11 is 1.53. The van der Waals surface area contributed by atoms with Crippen LogP contribution in [-0.2, 0) is 5.75 Å². The van der Waals surface area contributed by atoms with Crippen LogP contribution in [0.15, 0.2) is 68.5 Å². The smallest absolute Gasteiger partial charge is 0.255 e. The van der Waals surface area contributed by atoms with Crippen LogP contribution in [0.25, 0.3) is 11.4 Å². The van der Waals surface area contributed by atoms with E-state index in [2.05, 4.69) is 32.1 Å². The summed E-state index contributed by atoms with van der Waals surface area (Å²) in [4.78, 5) is 27.3. The molecule has 2 aromatic carbocycles. The van der Waals surface area contributed by atoms with E-state index >= 15 is 0 Å². The van der Waals surface area contributed by atoms with Gasteiger partial charge in [-0.15, -0.1) is 11.8 Å². The van der Waals surface area contributed by atoms with Gasteiger partial charge in [0.15, 0.2) is 5.82 Å². The van der Waals surface area contributed by atoms with E-state index in [-0.39, 0.29) is 11.9 Å². The van der Waals surface area contributed by atoms with Gasteiger partial charge in [0.2, 0.25) is 17.6 Å². The molecule has 10 heteroatoms. The molecule has 1 saturated heterocycles. The molecule has 9 nitrogen and oxygen atoms in total. The van der Waals surface area contributed by atoms with Crippen molar-refractivity contribution < 1.29 is 13.8 Å². The van der Waals surface area contributed by atoms with Crippen molar-refractivity contribution in [1.29, 1.82) is 0 Å². The maximum absolute atomic E-state index is 13.3. The lowest BCUT2D eigenvalue weighted by molar-refractivity contribution is 0.0548. The van der Waals surface area contributed by atoms with Crippen LogP contribution in [0, 0.1) is 6.92 Å². The summed E-state index contributed by atoms with van der Waals surface area (Å²) in [5.41, 5.74) is 1.62. The van der Waals surface area contributed by atoms with Gasteiger partial charge in [-0.2, -0.15) is 9.97 Å². The zero-order valence-electron chi connectivity index (χ0n) is 19.6. The lowest BCUT2D eigenvalue weighted by Crippen LogP contribution is -2.49. The number of carbonyl (C=O) groups excluding carboxylic acids is 1. The third-order valence-electron chi connectivity index (χ3n) is 6.02. The molecule has 1 amide bonds. The average Bonchev–Trinajstić information content (AvgIpc) is 3.57. The number of benzene rings is 2. The molecule has 0 saturated carbocycles. The van der Waals surface area contributed by atoms with Gasteiger partial charge >= 0.3 is 0 Å². The molecule has 0 bridgehead atoms. The van der Waals surface area contributed by atoms with E-state index in [1.54, 1.807) is 6.92 Å². The van der Waals surface area contributed by atoms with E-state index in [9.17, 15) is 4.79 Å². The Hall–Kier alpha value is -3.50. The van der Waals surface area contributed by atoms with Crippen molar-refractivity contribution in [2.45, 2.75) is 30.5 Å². The Kier molecular flexibility index (Phi) is 6.91. The molecule has 1 unspecified atom stereocenters. The van der Waals surface area contributed by atoms with E-state index in [0.29, 0.717) is 47.8 Å². The molecule has 1 aliphatic heterocycles. The minimum absolute atomic E-state index is 0.0297. The van der Waals surface area contributed by atoms with Gasteiger partial charge in [0, 0.05) is 36.6 Å². The highest BCUT2D eigenvalue weighted by Crippen LogP contribution is 2.28. The lowest BCUT2D eigenvalue weighted by atomic mass is 10.1. The standard InChI is InChI=1S/C25H26N6O3S/c1-17(24-27-23(29-34-24)19-8-4-3-5-9-19)30-12-14-31(15-13-30)25(32)20-10-6-7-11-21(20)35-16-22-26-18(2)28-33-22/h3-11,17H,12-16H2,1-2H3. The van der Waals surface area contributed by atoms with Crippen LogP contribution in [-0.4, -0.2) is 62.2 Å². The second kappa shape index (κ2) is 10.4. The Bertz CT molecular complexity index is 1280. The summed E-state index contributed by atoms with van der Waals surface area (Å²) in [6.07, 6.45) is 0. The van der Waals surface area contributed by atoms with Crippen LogP contribution in [0.5, 0.6) is 0 Å². The Balaban J connectivity index is 1.20. The van der Waals surface area contributed by atoms with Crippen LogP contribution >= 0.6 is 11.8 Å². The van der Waals surface area contributed by atoms with Crippen molar-refractivity contribution >= 4 is 17.7 Å². The van der Waals surface area contributed by atoms with Gasteiger partial charge in [0.1, 0.15) is 0 Å². The highest BCUT2D eigenvalue weighted by atomic mass is 32.2. The van der Waals surface area contributed by atoms with Crippen LogP contribution in [0.1, 0.15) is 40.9 Å². The second-order valence-corrected chi connectivity index (χ2v) is 9.36. The van der Waals surface area contributed by atoms with Gasteiger partial charge < -0.3 is 13.9 Å². The number of carbonyl (C=O) groups is 1. The largest absolute Gasteiger partial charge is 0.338 e. The van der Waals surface area contributed by atoms with Gasteiger partial charge in [-0.1, -0.05) is 52.8 Å². The van der Waals surface area contributed by atoms with Crippen molar-refractivity contribution in [2.24, 2.45) is 0 Å². The minimum atomic E-state index is -0.0297. The number of hydrogen-bond donors (Lipinski definition) is 0. The molecule has 1 fully saturated rings. The predicted molar refractivity (Wildman–Crippen MR) is 131 cm³/mol. The Morgan fingerprint density at radius 2 is 1.71 bits per heavy atom. The number of thioether (sulfide) groups is 1. The first-order chi connectivity index (χ1) is 17.1. The van der Waals surface area contributed by atoms with Crippen molar-refractivity contribution in [1.82, 2.24) is 30.1 Å². The van der Waals surface area contributed by atoms with Crippen molar-refractivity contribution in [3.63, 3.8) is 0 Å². The zero-order chi connectivity index (χ0) is 24.2. The molecule has 1 atom stereocenters. The minimum Gasteiger partial charge on any atom is -0.338 e. The maximum Gasteiger partial charge on any atom is 0.255 e. The zero-order valence-corrected chi connectivity index (χ0v) is 20.4. The lowest BCUT2D eigenvalue weighted by Gasteiger charge is -2.37. The number of aromatic nitrogens is 4. The molecule has 2 aromatic heterocycles. The third-order valence-corrected chi connectivity index (χ3v) is 7.08. The average molecular weight is 491 g/mol. The predicted octanol–water partition coefficient (Wildman–Crippen LogP) is 4.24. The Labute approximate surface area is 207 Å². The molecular formula is C25H26N6O3S. The first-order valence-electron chi connectivity index (χ1n) is 11.5. The second-order valence-electron chi connectivity index (χ2n) is 8.35. The van der Waals surface area contributed by atoms with Crippen molar-refractivity contribution in [2.75, 3.05) is 26.2 Å². The maximum atomic E-state index is 13.3. The van der Waals surface area contributed by atoms with Crippen molar-refractivity contribution in [3.8, 4) is 11.4 Å². The van der Waals surface area contributed by atoms with Gasteiger partial charge in [-0.25, -0.2) is 0 Å². The third kappa shape index (κ3) is 5.28. The molecule has 0 spiro atoms. The van der Waals surface area contributed by atoms with Gasteiger partial charge in [-0.05, 0) is 26.0 Å². The first kappa shape index (κ1) is 23.3. The SMILES string of the molecule is Cc1noc(CSc2ccccc2C(=O)N2CCN(C(C)c3nc(-c4ccccc4)no3)CC2)n1. The highest BCUT2D eigenvalue weighted by Gasteiger charge is 2.29. The van der Waals surface area contributed by atoms with Crippen molar-refractivity contribution in [3.05, 3.63) is 77.8 Å². The normalized spacial score (nSPS) is 15.3. The number of amides is 1. The monoisotopic (exact) mass is 490 g/mol. The number of hydrogen-bond acceptors (Lipinski definition) is 9. The Morgan fingerprint density at radius 1 is 0.971 bits per heavy atom. The van der Waals surface area contributed by atoms with Crippen LogP contribution in [0.3, 0.4) is 0 Å². The van der Waals surface area contributed by atoms with E-state index in [1.807, 2.05) is 59.5 Å². The topological polar surface area (TPSA) is 101 Å². The summed E-state index contributed by atoms with van der Waals surface area (Å²) in [5, 5.41) is 7.97. The molecule has 1 aliphatic rings. The van der Waals surface area contributed by atoms with Crippen LogP contribution in [0.2, 0.25) is 0 Å². The molecular weight excluding hydrogens is 464 g/mol. The summed E-state index contributed by atoms with van der Waals surface area (Å²) in [6.45, 7) is 6.57. The highest BCUT2D eigenvalue weighted by molar-refractivity contribution is 7.98. The van der Waals surface area contributed by atoms with E-state index < -0.39 is 0 Å². The van der Waals surface area contributed by atoms with E-state index in [0.717, 1.165) is 23.5 Å². The van der Waals surface area contributed by atoms with E-state index in [1.165, 1.54) is 11.8 Å². The van der Waals surface area contributed by atoms with Gasteiger partial charge in [-0.3, -0.25) is 9.69 Å². The number of nitrogens with zero attached hydrogens (tertiary/aromatic N) is 6. The van der Waals surface area contributed by atoms with Crippen LogP contribution in [0.4, 0.5) is 0 Å². The fraction of sp³-hybridized carbons (Fsp3) is 0.320. The molecule has 180 valence electrons. The first-order valence-corrected chi connectivity index (χ1v) is 12.5. The van der Waals surface area contributed by atoms with Crippen LogP contribution < -0.4 is 0 Å². The van der Waals surface area contributed by atoms with Gasteiger partial charge in [0.25, 0.3) is 5.91 Å². The molecule has 0 N–H and O–H groups in total. The fourth-order valence-corrected chi connectivity index (χ4v) is 4.94. The van der Waals surface area contributed by atoms with E-state index in [4.69, 9.17) is 9.05 Å². The quantitative estimate of drug-likeness (QED) is 0.352. The number of rotatable bonds is 7. The summed E-state index contributed by atoms with van der Waals surface area (Å²) in [6, 6.07) is 17.4. The molecule has 3 heterocycles. The number of piperazine rings is 1. The molecule has 4 aromatic rings. The molecule has 0 aliphatic carbocycles. The fourth-order valence-electron chi connectivity index (χ4n) is 4.06. The molecule has 35 heavy (non-hydrogen) atoms. The van der Waals surface area contributed by atoms with Gasteiger partial charge in [0.05, 0.1) is 17.4 Å². The molecule has 5 rings (SSSR count). The summed E-state index contributed by atoms with van der Waals surface area (Å²) < 4.78 is 10.8. The number of aryl methyl sites for hydroxylation is 1.